The Balaban J connectivity index is 2.22. The van der Waals surface area contributed by atoms with Crippen LogP contribution in [0.15, 0.2) is 18.2 Å². The lowest BCUT2D eigenvalue weighted by atomic mass is 9.79. The first kappa shape index (κ1) is 12.5. The van der Waals surface area contributed by atoms with Gasteiger partial charge in [-0.2, -0.15) is 0 Å². The highest BCUT2D eigenvalue weighted by Crippen LogP contribution is 2.33. The molecule has 0 bridgehead atoms. The van der Waals surface area contributed by atoms with Crippen LogP contribution in [-0.2, 0) is 0 Å². The van der Waals surface area contributed by atoms with Gasteiger partial charge < -0.3 is 5.32 Å². The van der Waals surface area contributed by atoms with Gasteiger partial charge in [-0.25, -0.2) is 8.78 Å². The third-order valence-corrected chi connectivity index (χ3v) is 3.58. The van der Waals surface area contributed by atoms with Gasteiger partial charge >= 0.3 is 0 Å². The van der Waals surface area contributed by atoms with E-state index >= 15 is 0 Å². The van der Waals surface area contributed by atoms with Crippen molar-refractivity contribution in [3.63, 3.8) is 0 Å². The molecular formula is C14H19F2N. The van der Waals surface area contributed by atoms with Crippen molar-refractivity contribution in [2.75, 3.05) is 13.1 Å². The number of hydrogen-bond donors (Lipinski definition) is 1. The lowest BCUT2D eigenvalue weighted by Crippen LogP contribution is -2.35. The molecule has 17 heavy (non-hydrogen) atoms. The van der Waals surface area contributed by atoms with Gasteiger partial charge in [-0.3, -0.25) is 0 Å². The van der Waals surface area contributed by atoms with E-state index in [4.69, 9.17) is 0 Å². The molecule has 1 nitrogen and oxygen atoms in total. The highest BCUT2D eigenvalue weighted by atomic mass is 19.1. The fourth-order valence-corrected chi connectivity index (χ4v) is 2.83. The minimum atomic E-state index is -0.464. The van der Waals surface area contributed by atoms with Crippen molar-refractivity contribution in [3.05, 3.63) is 35.4 Å². The summed E-state index contributed by atoms with van der Waals surface area (Å²) in [4.78, 5) is 0. The third-order valence-electron chi connectivity index (χ3n) is 3.58. The molecule has 1 N–H and O–H groups in total. The van der Waals surface area contributed by atoms with Crippen LogP contribution in [-0.4, -0.2) is 13.1 Å². The second-order valence-corrected chi connectivity index (χ2v) is 4.85. The lowest BCUT2D eigenvalue weighted by Gasteiger charge is -2.32. The number of piperidine rings is 1. The molecule has 1 saturated heterocycles. The van der Waals surface area contributed by atoms with Crippen molar-refractivity contribution < 1.29 is 8.78 Å². The van der Waals surface area contributed by atoms with Gasteiger partial charge in [0.1, 0.15) is 11.6 Å². The largest absolute Gasteiger partial charge is 0.316 e. The number of rotatable bonds is 3. The van der Waals surface area contributed by atoms with Crippen LogP contribution in [0.25, 0.3) is 0 Å². The van der Waals surface area contributed by atoms with Gasteiger partial charge in [0.2, 0.25) is 0 Å². The second-order valence-electron chi connectivity index (χ2n) is 4.85. The Morgan fingerprint density at radius 1 is 1.24 bits per heavy atom. The Hall–Kier alpha value is -0.960. The van der Waals surface area contributed by atoms with E-state index in [0.29, 0.717) is 11.8 Å². The Kier molecular flexibility index (Phi) is 4.11. The van der Waals surface area contributed by atoms with Crippen LogP contribution in [0, 0.1) is 17.6 Å². The van der Waals surface area contributed by atoms with Gasteiger partial charge in [-0.05, 0) is 55.5 Å². The SMILES string of the molecule is CCCC1CNCCC1c1cc(F)cc(F)c1. The van der Waals surface area contributed by atoms with Gasteiger partial charge in [-0.15, -0.1) is 0 Å². The molecule has 3 heteroatoms. The Labute approximate surface area is 101 Å². The van der Waals surface area contributed by atoms with E-state index in [2.05, 4.69) is 12.2 Å². The highest BCUT2D eigenvalue weighted by Gasteiger charge is 2.26. The van der Waals surface area contributed by atoms with E-state index in [9.17, 15) is 8.78 Å². The first-order chi connectivity index (χ1) is 8.20. The van der Waals surface area contributed by atoms with Crippen LogP contribution in [0.3, 0.4) is 0 Å². The quantitative estimate of drug-likeness (QED) is 0.851. The molecule has 0 amide bonds. The monoisotopic (exact) mass is 239 g/mol. The van der Waals surface area contributed by atoms with E-state index < -0.39 is 11.6 Å². The van der Waals surface area contributed by atoms with Crippen molar-refractivity contribution >= 4 is 0 Å². The standard InChI is InChI=1S/C14H19F2N/c1-2-3-10-9-17-5-4-14(10)11-6-12(15)8-13(16)7-11/h6-8,10,14,17H,2-5,9H2,1H3. The molecule has 1 heterocycles. The van der Waals surface area contributed by atoms with Crippen molar-refractivity contribution in [2.45, 2.75) is 32.1 Å². The maximum Gasteiger partial charge on any atom is 0.126 e. The molecule has 0 saturated carbocycles. The summed E-state index contributed by atoms with van der Waals surface area (Å²) in [5, 5.41) is 3.36. The second kappa shape index (κ2) is 5.58. The summed E-state index contributed by atoms with van der Waals surface area (Å²) in [5.41, 5.74) is 0.822. The van der Waals surface area contributed by atoms with Crippen LogP contribution in [0.2, 0.25) is 0 Å². The van der Waals surface area contributed by atoms with Crippen molar-refractivity contribution in [1.82, 2.24) is 5.32 Å². The summed E-state index contributed by atoms with van der Waals surface area (Å²) in [7, 11) is 0. The normalized spacial score (nSPS) is 24.9. The molecule has 0 spiro atoms. The maximum absolute atomic E-state index is 13.2. The lowest BCUT2D eigenvalue weighted by molar-refractivity contribution is 0.305. The molecule has 94 valence electrons. The first-order valence-corrected chi connectivity index (χ1v) is 6.37. The molecule has 0 radical (unpaired) electrons. The first-order valence-electron chi connectivity index (χ1n) is 6.37. The summed E-state index contributed by atoms with van der Waals surface area (Å²) in [6.45, 7) is 4.04. The van der Waals surface area contributed by atoms with Crippen LogP contribution in [0.1, 0.15) is 37.7 Å². The predicted molar refractivity (Wildman–Crippen MR) is 65.0 cm³/mol. The number of benzene rings is 1. The Bertz CT molecular complexity index is 356. The number of nitrogens with one attached hydrogen (secondary N) is 1. The average Bonchev–Trinajstić information content (AvgIpc) is 2.29. The van der Waals surface area contributed by atoms with Gasteiger partial charge in [0.25, 0.3) is 0 Å². The minimum Gasteiger partial charge on any atom is -0.316 e. The van der Waals surface area contributed by atoms with E-state index in [1.807, 2.05) is 0 Å². The fourth-order valence-electron chi connectivity index (χ4n) is 2.83. The maximum atomic E-state index is 13.2. The smallest absolute Gasteiger partial charge is 0.126 e. The van der Waals surface area contributed by atoms with Gasteiger partial charge in [0.15, 0.2) is 0 Å². The van der Waals surface area contributed by atoms with Crippen LogP contribution >= 0.6 is 0 Å². The molecular weight excluding hydrogens is 220 g/mol. The number of hydrogen-bond acceptors (Lipinski definition) is 1. The molecule has 1 aromatic rings. The summed E-state index contributed by atoms with van der Waals surface area (Å²) < 4.78 is 26.5. The zero-order valence-electron chi connectivity index (χ0n) is 10.2. The molecule has 2 atom stereocenters. The average molecular weight is 239 g/mol. The highest BCUT2D eigenvalue weighted by molar-refractivity contribution is 5.23. The molecule has 2 rings (SSSR count). The summed E-state index contributed by atoms with van der Waals surface area (Å²) in [6.07, 6.45) is 3.18. The summed E-state index contributed by atoms with van der Waals surface area (Å²) in [6, 6.07) is 3.92. The van der Waals surface area contributed by atoms with Crippen LogP contribution < -0.4 is 5.32 Å². The third kappa shape index (κ3) is 3.03. The molecule has 1 fully saturated rings. The zero-order chi connectivity index (χ0) is 12.3. The van der Waals surface area contributed by atoms with Gasteiger partial charge in [0.05, 0.1) is 0 Å². The van der Waals surface area contributed by atoms with E-state index in [-0.39, 0.29) is 0 Å². The number of halogens is 2. The molecule has 1 aliphatic rings. The van der Waals surface area contributed by atoms with Crippen molar-refractivity contribution in [2.24, 2.45) is 5.92 Å². The van der Waals surface area contributed by atoms with E-state index in [1.165, 1.54) is 12.1 Å². The van der Waals surface area contributed by atoms with Crippen molar-refractivity contribution in [3.8, 4) is 0 Å². The molecule has 0 aliphatic carbocycles. The summed E-state index contributed by atoms with van der Waals surface area (Å²) in [5.74, 6) is -0.140. The van der Waals surface area contributed by atoms with Crippen LogP contribution in [0.5, 0.6) is 0 Å². The van der Waals surface area contributed by atoms with E-state index in [0.717, 1.165) is 44.0 Å². The molecule has 1 aromatic carbocycles. The molecule has 0 aromatic heterocycles. The predicted octanol–water partition coefficient (Wildman–Crippen LogP) is 3.46. The van der Waals surface area contributed by atoms with Gasteiger partial charge in [-0.1, -0.05) is 13.3 Å². The zero-order valence-corrected chi connectivity index (χ0v) is 10.2. The van der Waals surface area contributed by atoms with Crippen LogP contribution in [0.4, 0.5) is 8.78 Å². The topological polar surface area (TPSA) is 12.0 Å². The fraction of sp³-hybridized carbons (Fsp3) is 0.571. The Morgan fingerprint density at radius 3 is 2.59 bits per heavy atom. The summed E-state index contributed by atoms with van der Waals surface area (Å²) >= 11 is 0. The molecule has 1 aliphatic heterocycles. The van der Waals surface area contributed by atoms with Crippen molar-refractivity contribution in [1.29, 1.82) is 0 Å². The minimum absolute atomic E-state index is 0.293. The molecule has 2 unspecified atom stereocenters. The Morgan fingerprint density at radius 2 is 1.94 bits per heavy atom. The van der Waals surface area contributed by atoms with E-state index in [1.54, 1.807) is 0 Å². The van der Waals surface area contributed by atoms with Gasteiger partial charge in [0, 0.05) is 6.07 Å².